The van der Waals surface area contributed by atoms with Gasteiger partial charge in [-0.2, -0.15) is 0 Å². The van der Waals surface area contributed by atoms with Crippen molar-refractivity contribution in [3.8, 4) is 5.69 Å². The van der Waals surface area contributed by atoms with Crippen molar-refractivity contribution in [2.45, 2.75) is 12.3 Å². The van der Waals surface area contributed by atoms with Gasteiger partial charge in [0.15, 0.2) is 5.82 Å². The molecule has 2 nitrogen and oxygen atoms in total. The second-order valence-corrected chi connectivity index (χ2v) is 6.57. The first kappa shape index (κ1) is 14.8. The Bertz CT molecular complexity index is 830. The first-order valence-corrected chi connectivity index (χ1v) is 7.86. The van der Waals surface area contributed by atoms with Gasteiger partial charge in [0.05, 0.1) is 16.6 Å². The van der Waals surface area contributed by atoms with Crippen LogP contribution < -0.4 is 0 Å². The third kappa shape index (κ3) is 2.56. The molecule has 0 saturated carbocycles. The summed E-state index contributed by atoms with van der Waals surface area (Å²) in [6.07, 6.45) is 0. The number of hydrogen-bond donors (Lipinski definition) is 0. The Kier molecular flexibility index (Phi) is 3.95. The van der Waals surface area contributed by atoms with Crippen LogP contribution in [0.5, 0.6) is 0 Å². The molecular weight excluding hydrogens is 378 g/mol. The van der Waals surface area contributed by atoms with E-state index in [0.717, 1.165) is 10.2 Å². The van der Waals surface area contributed by atoms with Crippen LogP contribution in [0.15, 0.2) is 40.9 Å². The largest absolute Gasteiger partial charge is 0.294 e. The normalized spacial score (nSPS) is 12.8. The Morgan fingerprint density at radius 2 is 2.05 bits per heavy atom. The standard InChI is InChI=1S/C15H10BrCl2FN2/c1-8(17)15-20-14-11(19)3-2-4-12(14)21(15)13-7-9(18)5-6-10(13)16/h2-8H,1H3. The van der Waals surface area contributed by atoms with Gasteiger partial charge in [-0.25, -0.2) is 9.37 Å². The Morgan fingerprint density at radius 1 is 1.29 bits per heavy atom. The summed E-state index contributed by atoms with van der Waals surface area (Å²) in [5.74, 6) is 0.197. The molecule has 0 N–H and O–H groups in total. The summed E-state index contributed by atoms with van der Waals surface area (Å²) < 4.78 is 16.6. The minimum atomic E-state index is -0.373. The van der Waals surface area contributed by atoms with Crippen LogP contribution in [0.2, 0.25) is 5.02 Å². The van der Waals surface area contributed by atoms with Gasteiger partial charge in [-0.1, -0.05) is 17.7 Å². The monoisotopic (exact) mass is 386 g/mol. The average molecular weight is 388 g/mol. The molecule has 0 radical (unpaired) electrons. The molecule has 3 aromatic rings. The highest BCUT2D eigenvalue weighted by Gasteiger charge is 2.19. The van der Waals surface area contributed by atoms with Gasteiger partial charge in [0.2, 0.25) is 0 Å². The topological polar surface area (TPSA) is 17.8 Å². The third-order valence-electron chi connectivity index (χ3n) is 3.17. The molecule has 1 aromatic heterocycles. The van der Waals surface area contributed by atoms with Crippen LogP contribution in [-0.4, -0.2) is 9.55 Å². The van der Waals surface area contributed by atoms with E-state index in [1.807, 2.05) is 16.7 Å². The van der Waals surface area contributed by atoms with Gasteiger partial charge >= 0.3 is 0 Å². The lowest BCUT2D eigenvalue weighted by Crippen LogP contribution is -2.02. The number of benzene rings is 2. The van der Waals surface area contributed by atoms with E-state index in [-0.39, 0.29) is 11.2 Å². The van der Waals surface area contributed by atoms with E-state index in [1.165, 1.54) is 6.07 Å². The fourth-order valence-corrected chi connectivity index (χ4v) is 3.00. The quantitative estimate of drug-likeness (QED) is 0.502. The predicted octanol–water partition coefficient (Wildman–Crippen LogP) is 5.88. The van der Waals surface area contributed by atoms with E-state index in [1.54, 1.807) is 25.1 Å². The summed E-state index contributed by atoms with van der Waals surface area (Å²) in [5, 5.41) is 0.210. The maximum absolute atomic E-state index is 14.0. The van der Waals surface area contributed by atoms with Gasteiger partial charge in [0, 0.05) is 9.50 Å². The second-order valence-electron chi connectivity index (χ2n) is 4.62. The van der Waals surface area contributed by atoms with Crippen molar-refractivity contribution in [1.29, 1.82) is 0 Å². The van der Waals surface area contributed by atoms with Crippen LogP contribution in [-0.2, 0) is 0 Å². The predicted molar refractivity (Wildman–Crippen MR) is 88.0 cm³/mol. The first-order valence-electron chi connectivity index (χ1n) is 6.25. The summed E-state index contributed by atoms with van der Waals surface area (Å²) in [4.78, 5) is 4.35. The number of fused-ring (bicyclic) bond motifs is 1. The van der Waals surface area contributed by atoms with Crippen molar-refractivity contribution in [3.63, 3.8) is 0 Å². The van der Waals surface area contributed by atoms with Crippen LogP contribution >= 0.6 is 39.1 Å². The second kappa shape index (κ2) is 5.59. The number of nitrogens with zero attached hydrogens (tertiary/aromatic N) is 2. The van der Waals surface area contributed by atoms with Crippen LogP contribution in [0, 0.1) is 5.82 Å². The van der Waals surface area contributed by atoms with Crippen molar-refractivity contribution < 1.29 is 4.39 Å². The van der Waals surface area contributed by atoms with E-state index in [0.29, 0.717) is 21.9 Å². The fourth-order valence-electron chi connectivity index (χ4n) is 2.26. The Hall–Kier alpha value is -1.10. The lowest BCUT2D eigenvalue weighted by atomic mass is 10.2. The molecule has 0 aliphatic carbocycles. The molecule has 21 heavy (non-hydrogen) atoms. The number of hydrogen-bond acceptors (Lipinski definition) is 1. The molecule has 3 rings (SSSR count). The smallest absolute Gasteiger partial charge is 0.151 e. The molecule has 0 bridgehead atoms. The van der Waals surface area contributed by atoms with Gasteiger partial charge in [0.25, 0.3) is 0 Å². The zero-order chi connectivity index (χ0) is 15.1. The number of aromatic nitrogens is 2. The van der Waals surface area contributed by atoms with Crippen molar-refractivity contribution in [1.82, 2.24) is 9.55 Å². The maximum Gasteiger partial charge on any atom is 0.151 e. The number of para-hydroxylation sites is 1. The van der Waals surface area contributed by atoms with Crippen LogP contribution in [0.3, 0.4) is 0 Å². The van der Waals surface area contributed by atoms with Crippen molar-refractivity contribution in [3.05, 3.63) is 57.5 Å². The summed E-state index contributed by atoms with van der Waals surface area (Å²) in [6, 6.07) is 10.2. The highest BCUT2D eigenvalue weighted by atomic mass is 79.9. The number of imidazole rings is 1. The number of rotatable bonds is 2. The van der Waals surface area contributed by atoms with Crippen LogP contribution in [0.25, 0.3) is 16.7 Å². The summed E-state index contributed by atoms with van der Waals surface area (Å²) in [6.45, 7) is 1.80. The minimum Gasteiger partial charge on any atom is -0.294 e. The maximum atomic E-state index is 14.0. The zero-order valence-corrected chi connectivity index (χ0v) is 14.0. The molecule has 0 fully saturated rings. The molecule has 0 aliphatic rings. The Morgan fingerprint density at radius 3 is 2.76 bits per heavy atom. The van der Waals surface area contributed by atoms with E-state index < -0.39 is 0 Å². The summed E-state index contributed by atoms with van der Waals surface area (Å²) in [5.41, 5.74) is 1.73. The molecule has 1 heterocycles. The average Bonchev–Trinajstić information content (AvgIpc) is 2.82. The first-order chi connectivity index (χ1) is 9.99. The number of halogens is 4. The van der Waals surface area contributed by atoms with Gasteiger partial charge in [-0.05, 0) is 53.2 Å². The number of alkyl halides is 1. The molecule has 1 atom stereocenters. The minimum absolute atomic E-state index is 0.298. The summed E-state index contributed by atoms with van der Waals surface area (Å²) >= 11 is 15.8. The fraction of sp³-hybridized carbons (Fsp3) is 0.133. The molecule has 0 spiro atoms. The van der Waals surface area contributed by atoms with Gasteiger partial charge in [-0.3, -0.25) is 4.57 Å². The molecule has 1 unspecified atom stereocenters. The van der Waals surface area contributed by atoms with E-state index in [9.17, 15) is 4.39 Å². The molecule has 108 valence electrons. The van der Waals surface area contributed by atoms with Gasteiger partial charge in [-0.15, -0.1) is 11.6 Å². The molecule has 0 aliphatic heterocycles. The highest BCUT2D eigenvalue weighted by Crippen LogP contribution is 2.33. The molecule has 6 heteroatoms. The SMILES string of the molecule is CC(Cl)c1nc2c(F)cccc2n1-c1cc(Cl)ccc1Br. The van der Waals surface area contributed by atoms with Gasteiger partial charge in [0.1, 0.15) is 11.3 Å². The Labute approximate surface area is 139 Å². The van der Waals surface area contributed by atoms with Crippen LogP contribution in [0.1, 0.15) is 18.1 Å². The van der Waals surface area contributed by atoms with E-state index >= 15 is 0 Å². The lowest BCUT2D eigenvalue weighted by molar-refractivity contribution is 0.637. The highest BCUT2D eigenvalue weighted by molar-refractivity contribution is 9.10. The molecule has 2 aromatic carbocycles. The van der Waals surface area contributed by atoms with Crippen LogP contribution in [0.4, 0.5) is 4.39 Å². The Balaban J connectivity index is 2.42. The van der Waals surface area contributed by atoms with E-state index in [4.69, 9.17) is 23.2 Å². The molecule has 0 amide bonds. The van der Waals surface area contributed by atoms with Crippen molar-refractivity contribution >= 4 is 50.2 Å². The van der Waals surface area contributed by atoms with Crippen molar-refractivity contribution in [2.75, 3.05) is 0 Å². The van der Waals surface area contributed by atoms with Gasteiger partial charge < -0.3 is 0 Å². The summed E-state index contributed by atoms with van der Waals surface area (Å²) in [7, 11) is 0. The van der Waals surface area contributed by atoms with E-state index in [2.05, 4.69) is 20.9 Å². The third-order valence-corrected chi connectivity index (χ3v) is 4.27. The molecule has 0 saturated heterocycles. The molecular formula is C15H10BrCl2FN2. The lowest BCUT2D eigenvalue weighted by Gasteiger charge is -2.12. The zero-order valence-electron chi connectivity index (χ0n) is 10.9. The van der Waals surface area contributed by atoms with Crippen molar-refractivity contribution in [2.24, 2.45) is 0 Å².